The van der Waals surface area contributed by atoms with Crippen molar-refractivity contribution in [2.75, 3.05) is 33.4 Å². The quantitative estimate of drug-likeness (QED) is 0.343. The maximum Gasteiger partial charge on any atom is 0.225 e. The second-order valence-electron chi connectivity index (χ2n) is 11.0. The predicted molar refractivity (Wildman–Crippen MR) is 156 cm³/mol. The number of hydrogen-bond donors (Lipinski definition) is 2. The van der Waals surface area contributed by atoms with E-state index >= 15 is 0 Å². The molecular formula is C32H39ClN2O4. The summed E-state index contributed by atoms with van der Waals surface area (Å²) in [5.74, 6) is 0.0757. The molecule has 2 aliphatic rings. The van der Waals surface area contributed by atoms with Crippen LogP contribution in [-0.4, -0.2) is 61.5 Å². The zero-order valence-electron chi connectivity index (χ0n) is 22.7. The van der Waals surface area contributed by atoms with Gasteiger partial charge in [0.05, 0.1) is 13.2 Å². The average molecular weight is 551 g/mol. The molecule has 4 atom stereocenters. The second kappa shape index (κ2) is 12.4. The monoisotopic (exact) mass is 550 g/mol. The van der Waals surface area contributed by atoms with Crippen LogP contribution in [0.3, 0.4) is 0 Å². The van der Waals surface area contributed by atoms with Crippen LogP contribution in [0.1, 0.15) is 44.1 Å². The summed E-state index contributed by atoms with van der Waals surface area (Å²) >= 11 is 6.87. The van der Waals surface area contributed by atoms with Crippen molar-refractivity contribution >= 4 is 28.3 Å². The highest BCUT2D eigenvalue weighted by Crippen LogP contribution is 2.43. The molecular weight excluding hydrogens is 512 g/mol. The van der Waals surface area contributed by atoms with E-state index in [0.717, 1.165) is 59.6 Å². The minimum absolute atomic E-state index is 0.0483. The van der Waals surface area contributed by atoms with E-state index in [-0.39, 0.29) is 17.9 Å². The Labute approximate surface area is 236 Å². The van der Waals surface area contributed by atoms with Crippen LogP contribution in [0.15, 0.2) is 60.7 Å². The third-order valence-electron chi connectivity index (χ3n) is 8.41. The van der Waals surface area contributed by atoms with Crippen molar-refractivity contribution in [2.24, 2.45) is 11.7 Å². The molecule has 0 unspecified atom stereocenters. The van der Waals surface area contributed by atoms with Crippen LogP contribution in [0, 0.1) is 5.92 Å². The molecule has 7 heteroatoms. The van der Waals surface area contributed by atoms with E-state index in [4.69, 9.17) is 26.8 Å². The van der Waals surface area contributed by atoms with E-state index in [1.165, 1.54) is 0 Å². The van der Waals surface area contributed by atoms with Gasteiger partial charge in [-0.2, -0.15) is 0 Å². The summed E-state index contributed by atoms with van der Waals surface area (Å²) in [6, 6.07) is 20.2. The van der Waals surface area contributed by atoms with Crippen molar-refractivity contribution in [2.45, 2.75) is 56.3 Å². The lowest BCUT2D eigenvalue weighted by molar-refractivity contribution is -0.167. The van der Waals surface area contributed by atoms with Gasteiger partial charge in [-0.1, -0.05) is 60.1 Å². The molecule has 0 spiro atoms. The number of hydrogen-bond acceptors (Lipinski definition) is 5. The van der Waals surface area contributed by atoms with Gasteiger partial charge in [0.15, 0.2) is 0 Å². The Morgan fingerprint density at radius 2 is 1.95 bits per heavy atom. The summed E-state index contributed by atoms with van der Waals surface area (Å²) in [5, 5.41) is 15.4. The number of fused-ring (bicyclic) bond motifs is 1. The molecule has 1 saturated heterocycles. The number of carbonyl (C=O) groups excluding carboxylic acids is 1. The molecule has 2 fully saturated rings. The van der Waals surface area contributed by atoms with Crippen molar-refractivity contribution in [1.29, 1.82) is 0 Å². The number of unbranched alkanes of at least 4 members (excludes halogenated alkanes) is 1. The van der Waals surface area contributed by atoms with Crippen LogP contribution in [0.2, 0.25) is 5.02 Å². The van der Waals surface area contributed by atoms with Gasteiger partial charge in [0.25, 0.3) is 0 Å². The number of ether oxygens (including phenoxy) is 2. The minimum atomic E-state index is -1.36. The summed E-state index contributed by atoms with van der Waals surface area (Å²) < 4.78 is 11.6. The fraction of sp³-hybridized carbons (Fsp3) is 0.469. The van der Waals surface area contributed by atoms with E-state index in [1.807, 2.05) is 35.2 Å². The number of halogens is 1. The van der Waals surface area contributed by atoms with Gasteiger partial charge in [-0.05, 0) is 72.6 Å². The largest absolute Gasteiger partial charge is 0.385 e. The zero-order chi connectivity index (χ0) is 27.4. The molecule has 0 radical (unpaired) electrons. The fourth-order valence-electron chi connectivity index (χ4n) is 6.27. The number of carbonyl (C=O) groups is 1. The number of rotatable bonds is 9. The number of amides is 1. The van der Waals surface area contributed by atoms with Crippen LogP contribution in [0.25, 0.3) is 21.9 Å². The Morgan fingerprint density at radius 1 is 1.13 bits per heavy atom. The first-order chi connectivity index (χ1) is 18.9. The zero-order valence-corrected chi connectivity index (χ0v) is 23.4. The molecule has 0 bridgehead atoms. The van der Waals surface area contributed by atoms with Gasteiger partial charge in [0.2, 0.25) is 5.91 Å². The molecule has 1 aliphatic heterocycles. The Kier molecular flexibility index (Phi) is 8.89. The number of benzene rings is 3. The lowest BCUT2D eigenvalue weighted by atomic mass is 9.78. The fourth-order valence-corrected chi connectivity index (χ4v) is 6.55. The van der Waals surface area contributed by atoms with Gasteiger partial charge >= 0.3 is 0 Å². The number of morpholine rings is 1. The Morgan fingerprint density at radius 3 is 2.72 bits per heavy atom. The van der Waals surface area contributed by atoms with E-state index < -0.39 is 11.7 Å². The number of methoxy groups -OCH3 is 1. The van der Waals surface area contributed by atoms with Crippen molar-refractivity contribution in [3.8, 4) is 11.1 Å². The predicted octanol–water partition coefficient (Wildman–Crippen LogP) is 5.52. The van der Waals surface area contributed by atoms with Gasteiger partial charge in [-0.25, -0.2) is 0 Å². The molecule has 39 heavy (non-hydrogen) atoms. The Bertz CT molecular complexity index is 1300. The smallest absolute Gasteiger partial charge is 0.225 e. The standard InChI is InChI=1S/C32H39ClN2O4/c1-38-17-5-4-15-32(37,29-21-35(16-18-39-29)31(36)25-13-14-26(34)20-25)27-9-6-10-28(33)30(27)24-12-11-22-7-2-3-8-23(22)19-24/h2-3,6-12,19,25-26,29,37H,4-5,13-18,20-21,34H2,1H3/t25-,26+,29-,32-/m1/s1. The SMILES string of the molecule is COCCCC[C@@](O)(c1cccc(Cl)c1-c1ccc2ccccc2c1)[C@H]1CN(C(=O)[C@@H]2CC[C@H](N)C2)CCO1. The highest BCUT2D eigenvalue weighted by Gasteiger charge is 2.45. The summed E-state index contributed by atoms with van der Waals surface area (Å²) in [6.07, 6.45) is 3.83. The summed E-state index contributed by atoms with van der Waals surface area (Å²) in [5.41, 5.74) is 7.21. The van der Waals surface area contributed by atoms with Gasteiger partial charge in [0.1, 0.15) is 11.7 Å². The molecule has 0 aromatic heterocycles. The van der Waals surface area contributed by atoms with E-state index in [2.05, 4.69) is 30.3 Å². The van der Waals surface area contributed by atoms with Crippen molar-refractivity contribution < 1.29 is 19.4 Å². The first-order valence-electron chi connectivity index (χ1n) is 14.1. The van der Waals surface area contributed by atoms with E-state index in [1.54, 1.807) is 7.11 Å². The molecule has 6 nitrogen and oxygen atoms in total. The molecule has 5 rings (SSSR count). The molecule has 208 valence electrons. The lowest BCUT2D eigenvalue weighted by Crippen LogP contribution is -2.55. The molecule has 3 N–H and O–H groups in total. The van der Waals surface area contributed by atoms with Crippen LogP contribution in [0.5, 0.6) is 0 Å². The first kappa shape index (κ1) is 28.1. The van der Waals surface area contributed by atoms with E-state index in [9.17, 15) is 9.90 Å². The van der Waals surface area contributed by atoms with Gasteiger partial charge in [-0.3, -0.25) is 4.79 Å². The van der Waals surface area contributed by atoms with Gasteiger partial charge in [0, 0.05) is 42.8 Å². The summed E-state index contributed by atoms with van der Waals surface area (Å²) in [6.45, 7) is 1.84. The number of aliphatic hydroxyl groups is 1. The van der Waals surface area contributed by atoms with Gasteiger partial charge < -0.3 is 25.2 Å². The molecule has 1 heterocycles. The molecule has 1 amide bonds. The number of nitrogens with zero attached hydrogens (tertiary/aromatic N) is 1. The van der Waals surface area contributed by atoms with Crippen LogP contribution in [0.4, 0.5) is 0 Å². The second-order valence-corrected chi connectivity index (χ2v) is 11.4. The molecule has 3 aromatic rings. The van der Waals surface area contributed by atoms with E-state index in [0.29, 0.717) is 37.7 Å². The van der Waals surface area contributed by atoms with Crippen molar-refractivity contribution in [3.63, 3.8) is 0 Å². The van der Waals surface area contributed by atoms with Crippen molar-refractivity contribution in [1.82, 2.24) is 4.90 Å². The topological polar surface area (TPSA) is 85.0 Å². The van der Waals surface area contributed by atoms with Crippen LogP contribution < -0.4 is 5.73 Å². The third kappa shape index (κ3) is 6.01. The first-order valence-corrected chi connectivity index (χ1v) is 14.4. The van der Waals surface area contributed by atoms with Crippen LogP contribution >= 0.6 is 11.6 Å². The van der Waals surface area contributed by atoms with Crippen molar-refractivity contribution in [3.05, 3.63) is 71.2 Å². The normalized spacial score (nSPS) is 23.2. The molecule has 1 aliphatic carbocycles. The maximum absolute atomic E-state index is 13.4. The Balaban J connectivity index is 1.52. The van der Waals surface area contributed by atoms with Gasteiger partial charge in [-0.15, -0.1) is 0 Å². The Hall–Kier alpha value is -2.48. The average Bonchev–Trinajstić information content (AvgIpc) is 3.40. The lowest BCUT2D eigenvalue weighted by Gasteiger charge is -2.44. The highest BCUT2D eigenvalue weighted by atomic mass is 35.5. The maximum atomic E-state index is 13.4. The minimum Gasteiger partial charge on any atom is -0.385 e. The highest BCUT2D eigenvalue weighted by molar-refractivity contribution is 6.33. The van der Waals surface area contributed by atoms with Crippen LogP contribution in [-0.2, 0) is 19.9 Å². The molecule has 3 aromatic carbocycles. The number of nitrogens with two attached hydrogens (primary N) is 1. The third-order valence-corrected chi connectivity index (χ3v) is 8.72. The summed E-state index contributed by atoms with van der Waals surface area (Å²) in [4.78, 5) is 15.3. The summed E-state index contributed by atoms with van der Waals surface area (Å²) in [7, 11) is 1.68. The molecule has 1 saturated carbocycles.